The molecule has 4 aromatic carbocycles. The van der Waals surface area contributed by atoms with Crippen LogP contribution in [0.3, 0.4) is 0 Å². The van der Waals surface area contributed by atoms with E-state index in [1.165, 1.54) is 11.0 Å². The van der Waals surface area contributed by atoms with Crippen LogP contribution >= 0.6 is 0 Å². The summed E-state index contributed by atoms with van der Waals surface area (Å²) in [6.45, 7) is 0.538. The van der Waals surface area contributed by atoms with Crippen LogP contribution in [0.25, 0.3) is 22.0 Å². The molecule has 5 aromatic rings. The molecule has 218 valence electrons. The molecule has 0 spiro atoms. The Bertz CT molecular complexity index is 1960. The van der Waals surface area contributed by atoms with Gasteiger partial charge in [-0.25, -0.2) is 13.6 Å². The molecule has 0 fully saturated rings. The summed E-state index contributed by atoms with van der Waals surface area (Å²) in [4.78, 5) is 30.7. The highest BCUT2D eigenvalue weighted by atomic mass is 32.2. The number of carbonyl (C=O) groups is 2. The highest BCUT2D eigenvalue weighted by Gasteiger charge is 2.28. The van der Waals surface area contributed by atoms with Gasteiger partial charge in [-0.3, -0.25) is 14.7 Å². The summed E-state index contributed by atoms with van der Waals surface area (Å²) in [5.74, 6) is 0.145. The van der Waals surface area contributed by atoms with Gasteiger partial charge in [0.05, 0.1) is 22.6 Å². The van der Waals surface area contributed by atoms with Gasteiger partial charge >= 0.3 is 0 Å². The number of amides is 2. The molecule has 0 aliphatic carbocycles. The van der Waals surface area contributed by atoms with Crippen LogP contribution < -0.4 is 20.5 Å². The number of rotatable bonds is 7. The predicted molar refractivity (Wildman–Crippen MR) is 163 cm³/mol. The van der Waals surface area contributed by atoms with Crippen molar-refractivity contribution in [3.05, 3.63) is 102 Å². The Labute approximate surface area is 247 Å². The molecule has 2 amide bonds. The summed E-state index contributed by atoms with van der Waals surface area (Å²) in [7, 11) is -3.96. The number of anilines is 2. The number of aromatic nitrogens is 2. The quantitative estimate of drug-likeness (QED) is 0.259. The zero-order valence-corrected chi connectivity index (χ0v) is 23.8. The summed E-state index contributed by atoms with van der Waals surface area (Å²) in [5.41, 5.74) is 9.30. The van der Waals surface area contributed by atoms with Crippen LogP contribution in [0, 0.1) is 0 Å². The molecule has 0 radical (unpaired) electrons. The topological polar surface area (TPSA) is 165 Å². The van der Waals surface area contributed by atoms with Gasteiger partial charge < -0.3 is 20.3 Å². The molecule has 5 N–H and O–H groups in total. The lowest BCUT2D eigenvalue weighted by atomic mass is 10.0. The number of hydrogen-bond donors (Lipinski definition) is 3. The van der Waals surface area contributed by atoms with Crippen molar-refractivity contribution in [1.82, 2.24) is 15.1 Å². The number of nitrogen functional groups attached to an aromatic ring is 1. The summed E-state index contributed by atoms with van der Waals surface area (Å²) in [6, 6.07) is 26.1. The SMILES string of the molecule is Nc1n[nH]c2cc(C(=O)N(CC(=O)N3CCOc4cc(-c5ccccc5S(N)(=O)=O)ccc43)Cc3ccccc3)ccc12. The Morgan fingerprint density at radius 1 is 0.977 bits per heavy atom. The monoisotopic (exact) mass is 596 g/mol. The van der Waals surface area contributed by atoms with Gasteiger partial charge in [0, 0.05) is 23.1 Å². The smallest absolute Gasteiger partial charge is 0.254 e. The van der Waals surface area contributed by atoms with Crippen molar-refractivity contribution in [3.8, 4) is 16.9 Å². The van der Waals surface area contributed by atoms with Gasteiger partial charge in [-0.1, -0.05) is 54.6 Å². The first kappa shape index (κ1) is 27.9. The van der Waals surface area contributed by atoms with Crippen molar-refractivity contribution >= 4 is 44.2 Å². The maximum atomic E-state index is 13.8. The Hall–Kier alpha value is -5.20. The Morgan fingerprint density at radius 3 is 2.53 bits per heavy atom. The van der Waals surface area contributed by atoms with Crippen molar-refractivity contribution in [3.63, 3.8) is 0 Å². The highest BCUT2D eigenvalue weighted by Crippen LogP contribution is 2.37. The van der Waals surface area contributed by atoms with Crippen LogP contribution in [0.15, 0.2) is 95.9 Å². The van der Waals surface area contributed by atoms with Gasteiger partial charge in [-0.05, 0) is 47.5 Å². The molecule has 0 saturated carbocycles. The zero-order chi connectivity index (χ0) is 30.1. The van der Waals surface area contributed by atoms with E-state index in [1.54, 1.807) is 59.5 Å². The zero-order valence-electron chi connectivity index (χ0n) is 22.9. The minimum absolute atomic E-state index is 0.00948. The molecule has 0 bridgehead atoms. The van der Waals surface area contributed by atoms with Crippen molar-refractivity contribution in [2.75, 3.05) is 30.3 Å². The Morgan fingerprint density at radius 2 is 1.74 bits per heavy atom. The van der Waals surface area contributed by atoms with Crippen LogP contribution in [0.2, 0.25) is 0 Å². The molecule has 2 heterocycles. The van der Waals surface area contributed by atoms with Gasteiger partial charge in [-0.2, -0.15) is 5.10 Å². The normalized spacial score (nSPS) is 12.9. The van der Waals surface area contributed by atoms with Crippen LogP contribution in [-0.2, 0) is 21.4 Å². The van der Waals surface area contributed by atoms with Gasteiger partial charge in [0.1, 0.15) is 18.9 Å². The minimum atomic E-state index is -3.96. The molecule has 1 aliphatic rings. The largest absolute Gasteiger partial charge is 0.490 e. The molecule has 0 saturated heterocycles. The maximum Gasteiger partial charge on any atom is 0.254 e. The number of nitrogens with one attached hydrogen (secondary N) is 1. The number of sulfonamides is 1. The van der Waals surface area contributed by atoms with Crippen molar-refractivity contribution in [2.45, 2.75) is 11.4 Å². The number of aromatic amines is 1. The van der Waals surface area contributed by atoms with E-state index in [1.807, 2.05) is 30.3 Å². The van der Waals surface area contributed by atoms with E-state index in [9.17, 15) is 18.0 Å². The first-order chi connectivity index (χ1) is 20.7. The van der Waals surface area contributed by atoms with E-state index < -0.39 is 10.0 Å². The van der Waals surface area contributed by atoms with E-state index in [0.717, 1.165) is 5.56 Å². The third-order valence-corrected chi connectivity index (χ3v) is 8.27. The van der Waals surface area contributed by atoms with Gasteiger partial charge in [0.25, 0.3) is 5.91 Å². The number of carbonyl (C=O) groups excluding carboxylic acids is 2. The fraction of sp³-hybridized carbons (Fsp3) is 0.129. The summed E-state index contributed by atoms with van der Waals surface area (Å²) in [6.07, 6.45) is 0. The standard InChI is InChI=1S/C31H28N6O5S/c32-30-24-12-10-22(16-25(24)34-35-30)31(39)36(18-20-6-2-1-3-7-20)19-29(38)37-14-15-42-27-17-21(11-13-26(27)37)23-8-4-5-9-28(23)43(33,40)41/h1-13,16-17H,14-15,18-19H2,(H3,32,34,35)(H2,33,40,41). The Balaban J connectivity index is 1.29. The Kier molecular flexibility index (Phi) is 7.30. The third kappa shape index (κ3) is 5.65. The predicted octanol–water partition coefficient (Wildman–Crippen LogP) is 3.53. The summed E-state index contributed by atoms with van der Waals surface area (Å²) >= 11 is 0. The van der Waals surface area contributed by atoms with Gasteiger partial charge in [0.15, 0.2) is 5.82 Å². The molecule has 0 unspecified atom stereocenters. The number of primary sulfonamides is 1. The molecular formula is C31H28N6O5S. The lowest BCUT2D eigenvalue weighted by molar-refractivity contribution is -0.119. The van der Waals surface area contributed by atoms with Crippen LogP contribution in [0.4, 0.5) is 11.5 Å². The maximum absolute atomic E-state index is 13.8. The average molecular weight is 597 g/mol. The number of hydrogen-bond acceptors (Lipinski definition) is 7. The van der Waals surface area contributed by atoms with Crippen molar-refractivity contribution < 1.29 is 22.7 Å². The molecule has 6 rings (SSSR count). The van der Waals surface area contributed by atoms with Crippen molar-refractivity contribution in [1.29, 1.82) is 0 Å². The lowest BCUT2D eigenvalue weighted by Gasteiger charge is -2.32. The number of H-pyrrole nitrogens is 1. The highest BCUT2D eigenvalue weighted by molar-refractivity contribution is 7.89. The van der Waals surface area contributed by atoms with Gasteiger partial charge in [0.2, 0.25) is 15.9 Å². The van der Waals surface area contributed by atoms with Crippen molar-refractivity contribution in [2.24, 2.45) is 5.14 Å². The van der Waals surface area contributed by atoms with E-state index in [4.69, 9.17) is 15.6 Å². The van der Waals surface area contributed by atoms with Crippen LogP contribution in [-0.4, -0.2) is 55.0 Å². The first-order valence-corrected chi connectivity index (χ1v) is 15.0. The summed E-state index contributed by atoms with van der Waals surface area (Å²) < 4.78 is 30.2. The van der Waals surface area contributed by atoms with E-state index in [2.05, 4.69) is 10.2 Å². The number of nitrogens with zero attached hydrogens (tertiary/aromatic N) is 3. The molecule has 0 atom stereocenters. The van der Waals surface area contributed by atoms with Gasteiger partial charge in [-0.15, -0.1) is 0 Å². The third-order valence-electron chi connectivity index (χ3n) is 7.30. The van der Waals surface area contributed by atoms with Crippen LogP contribution in [0.5, 0.6) is 5.75 Å². The minimum Gasteiger partial charge on any atom is -0.490 e. The number of fused-ring (bicyclic) bond motifs is 2. The number of ether oxygens (including phenoxy) is 1. The van der Waals surface area contributed by atoms with E-state index in [0.29, 0.717) is 44.8 Å². The second-order valence-corrected chi connectivity index (χ2v) is 11.7. The molecule has 1 aromatic heterocycles. The van der Waals surface area contributed by atoms with Crippen LogP contribution in [0.1, 0.15) is 15.9 Å². The first-order valence-electron chi connectivity index (χ1n) is 13.5. The average Bonchev–Trinajstić information content (AvgIpc) is 3.39. The molecule has 43 heavy (non-hydrogen) atoms. The molecule has 12 heteroatoms. The lowest BCUT2D eigenvalue weighted by Crippen LogP contribution is -2.45. The van der Waals surface area contributed by atoms with E-state index in [-0.39, 0.29) is 43.0 Å². The number of benzene rings is 4. The number of nitrogens with two attached hydrogens (primary N) is 2. The molecule has 11 nitrogen and oxygen atoms in total. The summed E-state index contributed by atoms with van der Waals surface area (Å²) in [5, 5.41) is 13.0. The second-order valence-electron chi connectivity index (χ2n) is 10.1. The molecule has 1 aliphatic heterocycles. The molecular weight excluding hydrogens is 568 g/mol. The second kappa shape index (κ2) is 11.2. The van der Waals surface area contributed by atoms with E-state index >= 15 is 0 Å². The fourth-order valence-electron chi connectivity index (χ4n) is 5.21. The fourth-order valence-corrected chi connectivity index (χ4v) is 5.97.